The molecule has 0 atom stereocenters. The molecule has 0 aromatic carbocycles. The molecule has 2 rings (SSSR count). The van der Waals surface area contributed by atoms with Gasteiger partial charge in [-0.3, -0.25) is 4.68 Å². The van der Waals surface area contributed by atoms with E-state index in [0.717, 1.165) is 37.6 Å². The Kier molecular flexibility index (Phi) is 3.69. The van der Waals surface area contributed by atoms with E-state index in [-0.39, 0.29) is 0 Å². The number of rotatable bonds is 6. The van der Waals surface area contributed by atoms with E-state index in [4.69, 9.17) is 0 Å². The number of hydrogen-bond acceptors (Lipinski definition) is 5. The zero-order chi connectivity index (χ0) is 12.1. The first-order chi connectivity index (χ1) is 8.29. The predicted molar refractivity (Wildman–Crippen MR) is 63.5 cm³/mol. The van der Waals surface area contributed by atoms with Crippen LogP contribution in [-0.2, 0) is 20.0 Å². The topological polar surface area (TPSA) is 73.5 Å². The first-order valence-electron chi connectivity index (χ1n) is 5.76. The van der Waals surface area contributed by atoms with Crippen LogP contribution in [0.25, 0.3) is 0 Å². The molecule has 0 spiro atoms. The van der Waals surface area contributed by atoms with Crippen molar-refractivity contribution in [3.8, 4) is 0 Å². The molecule has 0 fully saturated rings. The highest BCUT2D eigenvalue weighted by molar-refractivity contribution is 5.30. The minimum atomic E-state index is 0.779. The molecule has 7 nitrogen and oxygen atoms in total. The van der Waals surface area contributed by atoms with E-state index in [1.807, 2.05) is 11.7 Å². The second kappa shape index (κ2) is 5.42. The highest BCUT2D eigenvalue weighted by Gasteiger charge is 2.03. The first kappa shape index (κ1) is 11.6. The lowest BCUT2D eigenvalue weighted by Crippen LogP contribution is -2.11. The maximum absolute atomic E-state index is 4.22. The number of aryl methyl sites for hydroxylation is 2. The minimum absolute atomic E-state index is 0.779. The number of anilines is 1. The lowest BCUT2D eigenvalue weighted by atomic mass is 10.4. The lowest BCUT2D eigenvalue weighted by Gasteiger charge is -2.06. The molecule has 17 heavy (non-hydrogen) atoms. The van der Waals surface area contributed by atoms with Crippen LogP contribution >= 0.6 is 0 Å². The zero-order valence-electron chi connectivity index (χ0n) is 10.2. The Morgan fingerprint density at radius 3 is 3.00 bits per heavy atom. The van der Waals surface area contributed by atoms with E-state index >= 15 is 0 Å². The van der Waals surface area contributed by atoms with E-state index in [1.54, 1.807) is 17.2 Å². The summed E-state index contributed by atoms with van der Waals surface area (Å²) < 4.78 is 3.57. The molecule has 0 aliphatic heterocycles. The van der Waals surface area contributed by atoms with Gasteiger partial charge in [-0.15, -0.1) is 5.10 Å². The molecular formula is C10H17N7. The van der Waals surface area contributed by atoms with Gasteiger partial charge < -0.3 is 5.32 Å². The Hall–Kier alpha value is -1.92. The highest BCUT2D eigenvalue weighted by atomic mass is 15.4. The average molecular weight is 235 g/mol. The van der Waals surface area contributed by atoms with Gasteiger partial charge in [-0.2, -0.15) is 5.10 Å². The Balaban J connectivity index is 1.83. The van der Waals surface area contributed by atoms with Crippen molar-refractivity contribution in [1.82, 2.24) is 29.8 Å². The Morgan fingerprint density at radius 2 is 2.29 bits per heavy atom. The highest BCUT2D eigenvalue weighted by Crippen LogP contribution is 2.04. The Morgan fingerprint density at radius 1 is 1.41 bits per heavy atom. The van der Waals surface area contributed by atoms with Gasteiger partial charge in [-0.25, -0.2) is 9.67 Å². The summed E-state index contributed by atoms with van der Waals surface area (Å²) in [6.07, 6.45) is 5.28. The third kappa shape index (κ3) is 3.02. The maximum atomic E-state index is 4.22. The van der Waals surface area contributed by atoms with Gasteiger partial charge in [0.25, 0.3) is 0 Å². The summed E-state index contributed by atoms with van der Waals surface area (Å²) in [5, 5.41) is 15.4. The molecule has 92 valence electrons. The van der Waals surface area contributed by atoms with Crippen LogP contribution in [0.4, 0.5) is 5.82 Å². The van der Waals surface area contributed by atoms with Gasteiger partial charge in [0, 0.05) is 26.6 Å². The smallest absolute Gasteiger partial charge is 0.152 e. The molecule has 0 radical (unpaired) electrons. The first-order valence-corrected chi connectivity index (χ1v) is 5.76. The fourth-order valence-electron chi connectivity index (χ4n) is 1.57. The van der Waals surface area contributed by atoms with Gasteiger partial charge in [0.2, 0.25) is 0 Å². The maximum Gasteiger partial charge on any atom is 0.152 e. The summed E-state index contributed by atoms with van der Waals surface area (Å²) in [5.41, 5.74) is 0. The monoisotopic (exact) mass is 235 g/mol. The van der Waals surface area contributed by atoms with Gasteiger partial charge in [0.15, 0.2) is 5.82 Å². The van der Waals surface area contributed by atoms with Gasteiger partial charge in [-0.05, 0) is 6.42 Å². The quantitative estimate of drug-likeness (QED) is 0.788. The van der Waals surface area contributed by atoms with Crippen LogP contribution in [0.3, 0.4) is 0 Å². The summed E-state index contributed by atoms with van der Waals surface area (Å²) in [4.78, 5) is 4.17. The molecular weight excluding hydrogens is 218 g/mol. The third-order valence-corrected chi connectivity index (χ3v) is 2.35. The van der Waals surface area contributed by atoms with Crippen molar-refractivity contribution >= 4 is 5.82 Å². The van der Waals surface area contributed by atoms with Crippen molar-refractivity contribution in [3.05, 3.63) is 18.3 Å². The summed E-state index contributed by atoms with van der Waals surface area (Å²) in [7, 11) is 1.87. The number of hydrogen-bond donors (Lipinski definition) is 1. The molecule has 0 saturated heterocycles. The van der Waals surface area contributed by atoms with Crippen molar-refractivity contribution in [2.24, 2.45) is 7.05 Å². The van der Waals surface area contributed by atoms with E-state index < -0.39 is 0 Å². The summed E-state index contributed by atoms with van der Waals surface area (Å²) >= 11 is 0. The van der Waals surface area contributed by atoms with Crippen molar-refractivity contribution < 1.29 is 0 Å². The van der Waals surface area contributed by atoms with Crippen molar-refractivity contribution in [2.45, 2.75) is 26.3 Å². The molecule has 2 aromatic rings. The van der Waals surface area contributed by atoms with Crippen LogP contribution in [0.5, 0.6) is 0 Å². The minimum Gasteiger partial charge on any atom is -0.368 e. The van der Waals surface area contributed by atoms with Crippen LogP contribution in [0.2, 0.25) is 0 Å². The molecule has 0 bridgehead atoms. The van der Waals surface area contributed by atoms with Gasteiger partial charge in [-0.1, -0.05) is 12.1 Å². The van der Waals surface area contributed by atoms with Crippen molar-refractivity contribution in [3.63, 3.8) is 0 Å². The van der Waals surface area contributed by atoms with E-state index in [9.17, 15) is 0 Å². The van der Waals surface area contributed by atoms with Crippen molar-refractivity contribution in [2.75, 3.05) is 11.9 Å². The largest absolute Gasteiger partial charge is 0.368 e. The third-order valence-electron chi connectivity index (χ3n) is 2.35. The second-order valence-corrected chi connectivity index (χ2v) is 3.85. The fraction of sp³-hybridized carbons (Fsp3) is 0.600. The van der Waals surface area contributed by atoms with Crippen LogP contribution < -0.4 is 5.32 Å². The van der Waals surface area contributed by atoms with Gasteiger partial charge in [0.1, 0.15) is 12.1 Å². The zero-order valence-corrected chi connectivity index (χ0v) is 10.2. The fourth-order valence-corrected chi connectivity index (χ4v) is 1.57. The average Bonchev–Trinajstić information content (AvgIpc) is 2.90. The predicted octanol–water partition coefficient (Wildman–Crippen LogP) is 0.471. The van der Waals surface area contributed by atoms with Crippen LogP contribution in [-0.4, -0.2) is 36.3 Å². The van der Waals surface area contributed by atoms with Crippen LogP contribution in [0, 0.1) is 0 Å². The molecule has 2 heterocycles. The molecule has 1 N–H and O–H groups in total. The number of nitrogens with zero attached hydrogens (tertiary/aromatic N) is 6. The van der Waals surface area contributed by atoms with Gasteiger partial charge >= 0.3 is 0 Å². The van der Waals surface area contributed by atoms with Crippen LogP contribution in [0.1, 0.15) is 19.2 Å². The molecule has 7 heteroatoms. The van der Waals surface area contributed by atoms with E-state index in [2.05, 4.69) is 32.6 Å². The lowest BCUT2D eigenvalue weighted by molar-refractivity contribution is 0.582. The molecule has 0 saturated carbocycles. The summed E-state index contributed by atoms with van der Waals surface area (Å²) in [6, 6.07) is 0. The normalized spacial score (nSPS) is 10.7. The number of nitrogens with one attached hydrogen (secondary N) is 1. The van der Waals surface area contributed by atoms with E-state index in [0.29, 0.717) is 0 Å². The molecule has 0 amide bonds. The SMILES string of the molecule is CCCn1nncc1NCCc1ncn(C)n1. The standard InChI is InChI=1S/C10H17N7/c1-3-6-17-10(7-13-15-17)11-5-4-9-12-8-16(2)14-9/h7-8,11H,3-6H2,1-2H3. The Bertz CT molecular complexity index is 459. The Labute approximate surface area is 99.9 Å². The summed E-state index contributed by atoms with van der Waals surface area (Å²) in [6.45, 7) is 3.77. The molecule has 0 aliphatic carbocycles. The summed E-state index contributed by atoms with van der Waals surface area (Å²) in [5.74, 6) is 1.79. The van der Waals surface area contributed by atoms with Gasteiger partial charge in [0.05, 0.1) is 6.20 Å². The van der Waals surface area contributed by atoms with Crippen LogP contribution in [0.15, 0.2) is 12.5 Å². The second-order valence-electron chi connectivity index (χ2n) is 3.85. The number of aromatic nitrogens is 6. The molecule has 2 aromatic heterocycles. The molecule has 0 unspecified atom stereocenters. The van der Waals surface area contributed by atoms with Crippen molar-refractivity contribution in [1.29, 1.82) is 0 Å². The molecule has 0 aliphatic rings. The van der Waals surface area contributed by atoms with E-state index in [1.165, 1.54) is 0 Å².